The maximum atomic E-state index is 12.4. The van der Waals surface area contributed by atoms with Gasteiger partial charge < -0.3 is 19.4 Å². The summed E-state index contributed by atoms with van der Waals surface area (Å²) in [6, 6.07) is 16.2. The predicted molar refractivity (Wildman–Crippen MR) is 118 cm³/mol. The quantitative estimate of drug-likeness (QED) is 0.615. The van der Waals surface area contributed by atoms with E-state index in [1.807, 2.05) is 48.7 Å². The average molecular weight is 405 g/mol. The van der Waals surface area contributed by atoms with Crippen molar-refractivity contribution in [3.8, 4) is 5.75 Å². The van der Waals surface area contributed by atoms with E-state index >= 15 is 0 Å². The zero-order chi connectivity index (χ0) is 20.3. The van der Waals surface area contributed by atoms with Crippen molar-refractivity contribution in [1.82, 2.24) is 4.90 Å². The molecule has 5 heteroatoms. The van der Waals surface area contributed by atoms with E-state index in [2.05, 4.69) is 16.3 Å². The second-order valence-electron chi connectivity index (χ2n) is 8.41. The molecular formula is C25H28N2O3. The van der Waals surface area contributed by atoms with Crippen LogP contribution in [0.15, 0.2) is 59.2 Å². The number of carbonyl (C=O) groups is 1. The number of furan rings is 1. The molecule has 2 aromatic carbocycles. The van der Waals surface area contributed by atoms with Crippen LogP contribution in [-0.2, 0) is 4.79 Å². The number of nitrogens with one attached hydrogen (secondary N) is 1. The number of carbonyl (C=O) groups excluding carboxylic acids is 1. The molecule has 0 spiro atoms. The first-order valence-corrected chi connectivity index (χ1v) is 11.0. The fraction of sp³-hybridized carbons (Fsp3) is 0.400. The minimum atomic E-state index is -0.0467. The lowest BCUT2D eigenvalue weighted by atomic mass is 9.85. The number of piperidine rings is 1. The summed E-state index contributed by atoms with van der Waals surface area (Å²) >= 11 is 0. The fourth-order valence-corrected chi connectivity index (χ4v) is 4.95. The van der Waals surface area contributed by atoms with Crippen LogP contribution in [0.4, 0.5) is 5.69 Å². The van der Waals surface area contributed by atoms with Crippen LogP contribution in [-0.4, -0.2) is 36.5 Å². The van der Waals surface area contributed by atoms with Crippen molar-refractivity contribution >= 4 is 22.6 Å². The molecule has 3 heterocycles. The lowest BCUT2D eigenvalue weighted by Crippen LogP contribution is -2.37. The van der Waals surface area contributed by atoms with Gasteiger partial charge in [-0.05, 0) is 75.0 Å². The van der Waals surface area contributed by atoms with E-state index < -0.39 is 0 Å². The summed E-state index contributed by atoms with van der Waals surface area (Å²) < 4.78 is 11.5. The molecule has 2 aliphatic rings. The van der Waals surface area contributed by atoms with E-state index in [1.165, 1.54) is 44.3 Å². The molecule has 2 fully saturated rings. The van der Waals surface area contributed by atoms with Crippen molar-refractivity contribution in [3.63, 3.8) is 0 Å². The van der Waals surface area contributed by atoms with Crippen LogP contribution in [0.2, 0.25) is 0 Å². The molecule has 5 rings (SSSR count). The van der Waals surface area contributed by atoms with Gasteiger partial charge in [0.25, 0.3) is 0 Å². The number of hydrogen-bond acceptors (Lipinski definition) is 4. The van der Waals surface area contributed by atoms with Gasteiger partial charge >= 0.3 is 0 Å². The second kappa shape index (κ2) is 8.52. The van der Waals surface area contributed by atoms with Gasteiger partial charge in [-0.25, -0.2) is 0 Å². The van der Waals surface area contributed by atoms with Gasteiger partial charge in [0, 0.05) is 22.7 Å². The number of amides is 1. The van der Waals surface area contributed by atoms with Gasteiger partial charge in [0.15, 0.2) is 0 Å². The maximum absolute atomic E-state index is 12.4. The lowest BCUT2D eigenvalue weighted by Gasteiger charge is -2.34. The monoisotopic (exact) mass is 404 g/mol. The smallest absolute Gasteiger partial charge is 0.227 e. The summed E-state index contributed by atoms with van der Waals surface area (Å²) in [6.45, 7) is 2.79. The largest absolute Gasteiger partial charge is 0.493 e. The molecule has 0 saturated carbocycles. The summed E-state index contributed by atoms with van der Waals surface area (Å²) in [5.41, 5.74) is 3.00. The highest BCUT2D eigenvalue weighted by Crippen LogP contribution is 2.40. The summed E-state index contributed by atoms with van der Waals surface area (Å²) in [5.74, 6) is 1.27. The number of anilines is 1. The molecule has 5 nitrogen and oxygen atoms in total. The van der Waals surface area contributed by atoms with Gasteiger partial charge in [-0.1, -0.05) is 18.2 Å². The molecule has 2 unspecified atom stereocenters. The van der Waals surface area contributed by atoms with Crippen molar-refractivity contribution < 1.29 is 13.9 Å². The summed E-state index contributed by atoms with van der Waals surface area (Å²) in [7, 11) is 0. The van der Waals surface area contributed by atoms with E-state index in [0.717, 1.165) is 28.4 Å². The van der Waals surface area contributed by atoms with E-state index in [4.69, 9.17) is 9.15 Å². The summed E-state index contributed by atoms with van der Waals surface area (Å²) in [4.78, 5) is 15.0. The summed E-state index contributed by atoms with van der Waals surface area (Å²) in [5, 5.41) is 4.14. The average Bonchev–Trinajstić information content (AvgIpc) is 3.40. The Labute approximate surface area is 177 Å². The van der Waals surface area contributed by atoms with E-state index in [-0.39, 0.29) is 5.91 Å². The molecule has 1 aromatic heterocycles. The Kier molecular flexibility index (Phi) is 5.45. The highest BCUT2D eigenvalue weighted by Gasteiger charge is 2.33. The van der Waals surface area contributed by atoms with Gasteiger partial charge in [-0.2, -0.15) is 0 Å². The van der Waals surface area contributed by atoms with Crippen LogP contribution in [0.1, 0.15) is 43.6 Å². The van der Waals surface area contributed by atoms with Crippen LogP contribution in [0.3, 0.4) is 0 Å². The van der Waals surface area contributed by atoms with Gasteiger partial charge in [-0.15, -0.1) is 0 Å². The first-order valence-electron chi connectivity index (χ1n) is 11.0. The van der Waals surface area contributed by atoms with Crippen molar-refractivity contribution in [2.45, 2.75) is 44.1 Å². The number of ether oxygens (including phenoxy) is 1. The fourth-order valence-electron chi connectivity index (χ4n) is 4.95. The third-order valence-electron chi connectivity index (χ3n) is 6.49. The Balaban J connectivity index is 1.23. The second-order valence-corrected chi connectivity index (χ2v) is 8.41. The third kappa shape index (κ3) is 4.08. The third-order valence-corrected chi connectivity index (χ3v) is 6.49. The molecule has 30 heavy (non-hydrogen) atoms. The molecule has 0 radical (unpaired) electrons. The van der Waals surface area contributed by atoms with Crippen molar-refractivity contribution in [1.29, 1.82) is 0 Å². The Hall–Kier alpha value is -2.79. The number of para-hydroxylation sites is 1. The Morgan fingerprint density at radius 1 is 1.13 bits per heavy atom. The molecule has 1 amide bonds. The maximum Gasteiger partial charge on any atom is 0.227 e. The normalized spacial score (nSPS) is 21.5. The van der Waals surface area contributed by atoms with Crippen LogP contribution < -0.4 is 10.1 Å². The molecule has 156 valence electrons. The minimum Gasteiger partial charge on any atom is -0.493 e. The van der Waals surface area contributed by atoms with Crippen LogP contribution in [0, 0.1) is 0 Å². The first kappa shape index (κ1) is 19.2. The molecule has 3 aromatic rings. The molecular weight excluding hydrogens is 376 g/mol. The van der Waals surface area contributed by atoms with Gasteiger partial charge in [0.2, 0.25) is 5.91 Å². The van der Waals surface area contributed by atoms with Crippen molar-refractivity contribution in [2.24, 2.45) is 0 Å². The van der Waals surface area contributed by atoms with Crippen molar-refractivity contribution in [2.75, 3.05) is 25.0 Å². The zero-order valence-electron chi connectivity index (χ0n) is 17.2. The molecule has 2 saturated heterocycles. The number of nitrogens with zero attached hydrogens (tertiary/aromatic N) is 1. The number of rotatable bonds is 6. The molecule has 0 bridgehead atoms. The highest BCUT2D eigenvalue weighted by molar-refractivity contribution is 5.94. The van der Waals surface area contributed by atoms with Gasteiger partial charge in [0.05, 0.1) is 19.3 Å². The topological polar surface area (TPSA) is 54.7 Å². The molecule has 2 aliphatic heterocycles. The van der Waals surface area contributed by atoms with Crippen LogP contribution in [0.5, 0.6) is 5.75 Å². The predicted octanol–water partition coefficient (Wildman–Crippen LogP) is 5.18. The Bertz CT molecular complexity index is 1010. The first-order chi connectivity index (χ1) is 14.8. The highest BCUT2D eigenvalue weighted by atomic mass is 16.5. The van der Waals surface area contributed by atoms with Gasteiger partial charge in [0.1, 0.15) is 11.3 Å². The molecule has 0 aliphatic carbocycles. The van der Waals surface area contributed by atoms with Crippen LogP contribution >= 0.6 is 0 Å². The standard InChI is InChI=1S/C25H28N2O3/c28-25(11-14-29-21-6-2-1-3-7-21)26-19-8-9-24-22(16-19)23(17-30-24)18-10-13-27-12-4-5-20(27)15-18/h1-3,6-9,16-18,20H,4-5,10-15H2,(H,26,28). The van der Waals surface area contributed by atoms with Gasteiger partial charge in [-0.3, -0.25) is 4.79 Å². The lowest BCUT2D eigenvalue weighted by molar-refractivity contribution is -0.116. The van der Waals surface area contributed by atoms with E-state index in [0.29, 0.717) is 18.9 Å². The number of hydrogen-bond donors (Lipinski definition) is 1. The Morgan fingerprint density at radius 3 is 2.93 bits per heavy atom. The SMILES string of the molecule is O=C(CCOc1ccccc1)Nc1ccc2occ(C3CCN4CCCC4C3)c2c1. The minimum absolute atomic E-state index is 0.0467. The number of benzene rings is 2. The van der Waals surface area contributed by atoms with E-state index in [9.17, 15) is 4.79 Å². The summed E-state index contributed by atoms with van der Waals surface area (Å²) in [6.07, 6.45) is 7.28. The number of fused-ring (bicyclic) bond motifs is 2. The molecule has 1 N–H and O–H groups in total. The zero-order valence-corrected chi connectivity index (χ0v) is 17.2. The van der Waals surface area contributed by atoms with Crippen molar-refractivity contribution in [3.05, 3.63) is 60.4 Å². The Morgan fingerprint density at radius 2 is 2.03 bits per heavy atom. The van der Waals surface area contributed by atoms with Crippen LogP contribution in [0.25, 0.3) is 11.0 Å². The van der Waals surface area contributed by atoms with E-state index in [1.54, 1.807) is 0 Å². The molecule has 2 atom stereocenters.